The Morgan fingerprint density at radius 1 is 0.731 bits per heavy atom. The largest absolute Gasteiger partial charge is 0.492 e. The smallest absolute Gasteiger partial charge is 0.134 e. The van der Waals surface area contributed by atoms with Crippen molar-refractivity contribution < 1.29 is 9.47 Å². The number of hydrogen-bond acceptors (Lipinski definition) is 2. The van der Waals surface area contributed by atoms with Gasteiger partial charge in [0, 0.05) is 0 Å². The molecule has 4 heteroatoms. The van der Waals surface area contributed by atoms with E-state index in [1.54, 1.807) is 0 Å². The van der Waals surface area contributed by atoms with Crippen molar-refractivity contribution in [1.29, 1.82) is 0 Å². The van der Waals surface area contributed by atoms with E-state index in [0.29, 0.717) is 11.8 Å². The molecule has 0 aromatic heterocycles. The van der Waals surface area contributed by atoms with Gasteiger partial charge < -0.3 is 9.47 Å². The fourth-order valence-corrected chi connectivity index (χ4v) is 3.82. The summed E-state index contributed by atoms with van der Waals surface area (Å²) in [6.07, 6.45) is 9.84. The number of halogens is 2. The monoisotopic (exact) mass is 490 g/mol. The van der Waals surface area contributed by atoms with Gasteiger partial charge in [0.2, 0.25) is 0 Å². The third kappa shape index (κ3) is 8.65. The molecule has 0 N–H and O–H groups in total. The number of rotatable bonds is 14. The van der Waals surface area contributed by atoms with Gasteiger partial charge in [-0.2, -0.15) is 0 Å². The highest BCUT2D eigenvalue weighted by molar-refractivity contribution is 9.11. The molecule has 0 radical (unpaired) electrons. The summed E-state index contributed by atoms with van der Waals surface area (Å²) in [6, 6.07) is 4.05. The summed E-state index contributed by atoms with van der Waals surface area (Å²) >= 11 is 7.29. The summed E-state index contributed by atoms with van der Waals surface area (Å²) in [4.78, 5) is 0. The summed E-state index contributed by atoms with van der Waals surface area (Å²) in [5.41, 5.74) is 0. The minimum absolute atomic E-state index is 0.625. The molecule has 0 saturated carbocycles. The summed E-state index contributed by atoms with van der Waals surface area (Å²) in [5.74, 6) is 3.02. The molecule has 2 unspecified atom stereocenters. The van der Waals surface area contributed by atoms with E-state index in [1.807, 2.05) is 12.1 Å². The Hall–Kier alpha value is -0.220. The molecule has 0 aliphatic heterocycles. The van der Waals surface area contributed by atoms with Crippen molar-refractivity contribution in [2.45, 2.75) is 79.1 Å². The highest BCUT2D eigenvalue weighted by Crippen LogP contribution is 2.37. The number of unbranched alkanes of at least 4 members (excludes halogenated alkanes) is 2. The molecule has 0 heterocycles. The van der Waals surface area contributed by atoms with Crippen LogP contribution in [0.5, 0.6) is 11.5 Å². The normalized spacial score (nSPS) is 13.5. The molecule has 0 aliphatic rings. The van der Waals surface area contributed by atoms with Crippen LogP contribution in [0.1, 0.15) is 79.1 Å². The van der Waals surface area contributed by atoms with Crippen LogP contribution in [0.4, 0.5) is 0 Å². The molecule has 1 rings (SSSR count). The van der Waals surface area contributed by atoms with Crippen molar-refractivity contribution in [3.8, 4) is 11.5 Å². The zero-order valence-corrected chi connectivity index (χ0v) is 20.1. The topological polar surface area (TPSA) is 18.5 Å². The zero-order chi connectivity index (χ0) is 19.4. The van der Waals surface area contributed by atoms with Crippen LogP contribution in [0.2, 0.25) is 0 Å². The average Bonchev–Trinajstić information content (AvgIpc) is 2.65. The molecule has 1 aromatic carbocycles. The van der Waals surface area contributed by atoms with E-state index < -0.39 is 0 Å². The minimum Gasteiger partial charge on any atom is -0.492 e. The molecule has 2 nitrogen and oxygen atoms in total. The van der Waals surface area contributed by atoms with Gasteiger partial charge in [-0.3, -0.25) is 0 Å². The van der Waals surface area contributed by atoms with Gasteiger partial charge in [-0.1, -0.05) is 66.2 Å². The Kier molecular flexibility index (Phi) is 12.7. The summed E-state index contributed by atoms with van der Waals surface area (Å²) < 4.78 is 14.1. The highest BCUT2D eigenvalue weighted by atomic mass is 79.9. The van der Waals surface area contributed by atoms with E-state index in [9.17, 15) is 0 Å². The van der Waals surface area contributed by atoms with Gasteiger partial charge >= 0.3 is 0 Å². The molecule has 0 spiro atoms. The van der Waals surface area contributed by atoms with E-state index in [1.165, 1.54) is 38.5 Å². The zero-order valence-electron chi connectivity index (χ0n) is 17.0. The van der Waals surface area contributed by atoms with Gasteiger partial charge in [0.25, 0.3) is 0 Å². The first-order chi connectivity index (χ1) is 12.5. The molecule has 0 amide bonds. The Labute approximate surface area is 177 Å². The first-order valence-electron chi connectivity index (χ1n) is 10.3. The lowest BCUT2D eigenvalue weighted by molar-refractivity contribution is 0.226. The predicted molar refractivity (Wildman–Crippen MR) is 119 cm³/mol. The lowest BCUT2D eigenvalue weighted by Crippen LogP contribution is -2.12. The molecular weight excluding hydrogens is 456 g/mol. The molecular formula is C22H36Br2O2. The highest BCUT2D eigenvalue weighted by Gasteiger charge is 2.14. The third-order valence-electron chi connectivity index (χ3n) is 5.02. The fraction of sp³-hybridized carbons (Fsp3) is 0.727. The van der Waals surface area contributed by atoms with Crippen LogP contribution in [-0.4, -0.2) is 13.2 Å². The van der Waals surface area contributed by atoms with Crippen LogP contribution in [0.3, 0.4) is 0 Å². The molecule has 0 aliphatic carbocycles. The van der Waals surface area contributed by atoms with Gasteiger partial charge in [0.05, 0.1) is 22.2 Å². The van der Waals surface area contributed by atoms with Crippen LogP contribution in [-0.2, 0) is 0 Å². The number of benzene rings is 1. The van der Waals surface area contributed by atoms with Crippen molar-refractivity contribution in [3.05, 3.63) is 21.1 Å². The first-order valence-corrected chi connectivity index (χ1v) is 11.9. The predicted octanol–water partition coefficient (Wildman–Crippen LogP) is 8.40. The number of hydrogen-bond donors (Lipinski definition) is 0. The molecule has 0 saturated heterocycles. The van der Waals surface area contributed by atoms with E-state index >= 15 is 0 Å². The van der Waals surface area contributed by atoms with Crippen molar-refractivity contribution in [2.75, 3.05) is 13.2 Å². The van der Waals surface area contributed by atoms with Gasteiger partial charge in [-0.25, -0.2) is 0 Å². The van der Waals surface area contributed by atoms with Gasteiger partial charge in [-0.05, 0) is 68.7 Å². The standard InChI is InChI=1S/C22H36Br2O2/c1-5-9-11-17(7-3)15-25-21-13-20(24)22(14-19(21)23)26-16-18(8-4)12-10-6-2/h13-14,17-18H,5-12,15-16H2,1-4H3. The first kappa shape index (κ1) is 23.8. The maximum atomic E-state index is 6.09. The van der Waals surface area contributed by atoms with Crippen LogP contribution in [0.25, 0.3) is 0 Å². The second-order valence-corrected chi connectivity index (χ2v) is 8.88. The molecule has 1 aromatic rings. The van der Waals surface area contributed by atoms with E-state index in [2.05, 4.69) is 59.6 Å². The summed E-state index contributed by atoms with van der Waals surface area (Å²) in [6.45, 7) is 10.5. The quantitative estimate of drug-likeness (QED) is 0.260. The maximum Gasteiger partial charge on any atom is 0.134 e. The molecule has 26 heavy (non-hydrogen) atoms. The average molecular weight is 492 g/mol. The number of ether oxygens (including phenoxy) is 2. The van der Waals surface area contributed by atoms with Crippen LogP contribution in [0.15, 0.2) is 21.1 Å². The Bertz CT molecular complexity index is 459. The fourth-order valence-electron chi connectivity index (χ4n) is 2.94. The molecule has 0 fully saturated rings. The third-order valence-corrected chi connectivity index (χ3v) is 6.26. The van der Waals surface area contributed by atoms with Crippen molar-refractivity contribution >= 4 is 31.9 Å². The van der Waals surface area contributed by atoms with Crippen molar-refractivity contribution in [3.63, 3.8) is 0 Å². The maximum absolute atomic E-state index is 6.09. The van der Waals surface area contributed by atoms with E-state index in [-0.39, 0.29) is 0 Å². The lowest BCUT2D eigenvalue weighted by atomic mass is 10.0. The van der Waals surface area contributed by atoms with E-state index in [0.717, 1.165) is 46.5 Å². The molecule has 0 bridgehead atoms. The van der Waals surface area contributed by atoms with Gasteiger partial charge in [0.1, 0.15) is 11.5 Å². The molecule has 2 atom stereocenters. The Balaban J connectivity index is 2.63. The van der Waals surface area contributed by atoms with Crippen LogP contribution >= 0.6 is 31.9 Å². The van der Waals surface area contributed by atoms with Gasteiger partial charge in [-0.15, -0.1) is 0 Å². The minimum atomic E-state index is 0.625. The Morgan fingerprint density at radius 3 is 1.42 bits per heavy atom. The molecule has 150 valence electrons. The Morgan fingerprint density at radius 2 is 1.12 bits per heavy atom. The SMILES string of the molecule is CCCCC(CC)COc1cc(Br)c(OCC(CC)CCCC)cc1Br. The van der Waals surface area contributed by atoms with Crippen LogP contribution in [0, 0.1) is 11.8 Å². The summed E-state index contributed by atoms with van der Waals surface area (Å²) in [5, 5.41) is 0. The lowest BCUT2D eigenvalue weighted by Gasteiger charge is -2.19. The van der Waals surface area contributed by atoms with Crippen molar-refractivity contribution in [1.82, 2.24) is 0 Å². The second kappa shape index (κ2) is 13.9. The second-order valence-electron chi connectivity index (χ2n) is 7.17. The van der Waals surface area contributed by atoms with Crippen molar-refractivity contribution in [2.24, 2.45) is 11.8 Å². The van der Waals surface area contributed by atoms with Gasteiger partial charge in [0.15, 0.2) is 0 Å². The van der Waals surface area contributed by atoms with Crippen LogP contribution < -0.4 is 9.47 Å². The van der Waals surface area contributed by atoms with E-state index in [4.69, 9.17) is 9.47 Å². The summed E-state index contributed by atoms with van der Waals surface area (Å²) in [7, 11) is 0.